The Kier molecular flexibility index (Phi) is 5.23. The number of benzene rings is 2. The Morgan fingerprint density at radius 1 is 1.22 bits per heavy atom. The summed E-state index contributed by atoms with van der Waals surface area (Å²) in [7, 11) is 1.72. The molecule has 0 amide bonds. The molecule has 2 N–H and O–H groups in total. The number of hydrogen-bond acceptors (Lipinski definition) is 5. The van der Waals surface area contributed by atoms with E-state index in [2.05, 4.69) is 35.3 Å². The minimum absolute atomic E-state index is 0.207. The molecule has 0 aliphatic carbocycles. The van der Waals surface area contributed by atoms with E-state index in [9.17, 15) is 0 Å². The summed E-state index contributed by atoms with van der Waals surface area (Å²) in [5.74, 6) is 8.50. The fourth-order valence-corrected chi connectivity index (χ4v) is 4.16. The second-order valence-electron chi connectivity index (χ2n) is 7.09. The first kappa shape index (κ1) is 17.8. The van der Waals surface area contributed by atoms with Gasteiger partial charge in [0.2, 0.25) is 0 Å². The van der Waals surface area contributed by atoms with Gasteiger partial charge in [-0.3, -0.25) is 5.84 Å². The van der Waals surface area contributed by atoms with Crippen LogP contribution in [-0.4, -0.2) is 23.6 Å². The van der Waals surface area contributed by atoms with Crippen LogP contribution < -0.4 is 10.6 Å². The maximum Gasteiger partial charge on any atom is 0.181 e. The van der Waals surface area contributed by atoms with Gasteiger partial charge in [-0.15, -0.1) is 0 Å². The Hall–Kier alpha value is -2.63. The van der Waals surface area contributed by atoms with Crippen LogP contribution in [0.1, 0.15) is 30.0 Å². The minimum atomic E-state index is 0.207. The van der Waals surface area contributed by atoms with E-state index in [1.54, 1.807) is 13.3 Å². The van der Waals surface area contributed by atoms with Crippen molar-refractivity contribution in [1.82, 2.24) is 9.99 Å². The number of nitrogens with two attached hydrogens (primary N) is 1. The molecule has 1 aliphatic rings. The summed E-state index contributed by atoms with van der Waals surface area (Å²) in [5.41, 5.74) is 3.46. The van der Waals surface area contributed by atoms with Gasteiger partial charge in [0, 0.05) is 12.1 Å². The van der Waals surface area contributed by atoms with Crippen LogP contribution in [0.15, 0.2) is 65.5 Å². The lowest BCUT2D eigenvalue weighted by molar-refractivity contribution is 0.0923. The van der Waals surface area contributed by atoms with E-state index >= 15 is 0 Å². The monoisotopic (exact) mass is 363 g/mol. The molecule has 0 saturated carbocycles. The van der Waals surface area contributed by atoms with Crippen molar-refractivity contribution in [2.75, 3.05) is 13.7 Å². The molecule has 5 nitrogen and oxygen atoms in total. The van der Waals surface area contributed by atoms with Gasteiger partial charge in [0.15, 0.2) is 12.2 Å². The van der Waals surface area contributed by atoms with E-state index in [0.717, 1.165) is 42.9 Å². The lowest BCUT2D eigenvalue weighted by atomic mass is 9.81. The van der Waals surface area contributed by atoms with Gasteiger partial charge in [-0.05, 0) is 54.5 Å². The number of aromatic nitrogens is 1. The van der Waals surface area contributed by atoms with Gasteiger partial charge in [-0.25, -0.2) is 9.99 Å². The minimum Gasteiger partial charge on any atom is -0.496 e. The van der Waals surface area contributed by atoms with Crippen LogP contribution in [0, 0.1) is 5.92 Å². The molecule has 1 aliphatic heterocycles. The Bertz CT molecular complexity index is 865. The molecule has 0 spiro atoms. The average Bonchev–Trinajstić information content (AvgIpc) is 3.24. The Morgan fingerprint density at radius 3 is 2.81 bits per heavy atom. The maximum atomic E-state index is 6.41. The molecule has 0 unspecified atom stereocenters. The molecular formula is C22H25N3O2. The average molecular weight is 363 g/mol. The zero-order valence-corrected chi connectivity index (χ0v) is 15.5. The van der Waals surface area contributed by atoms with Gasteiger partial charge in [0.05, 0.1) is 19.3 Å². The quantitative estimate of drug-likeness (QED) is 0.688. The number of ether oxygens (including phenoxy) is 1. The second kappa shape index (κ2) is 7.94. The summed E-state index contributed by atoms with van der Waals surface area (Å²) in [4.78, 5) is 4.03. The molecule has 2 atom stereocenters. The number of methoxy groups -OCH3 is 1. The number of nitrogens with zero attached hydrogens (tertiary/aromatic N) is 2. The Balaban J connectivity index is 1.66. The highest BCUT2D eigenvalue weighted by molar-refractivity contribution is 5.59. The summed E-state index contributed by atoms with van der Waals surface area (Å²) < 4.78 is 11.1. The third kappa shape index (κ3) is 3.75. The predicted molar refractivity (Wildman–Crippen MR) is 105 cm³/mol. The third-order valence-electron chi connectivity index (χ3n) is 5.42. The van der Waals surface area contributed by atoms with Crippen LogP contribution in [0.25, 0.3) is 11.3 Å². The molecule has 3 aromatic rings. The molecule has 27 heavy (non-hydrogen) atoms. The summed E-state index contributed by atoms with van der Waals surface area (Å²) in [6.45, 7) is 0.922. The molecule has 1 fully saturated rings. The number of piperidine rings is 1. The van der Waals surface area contributed by atoms with E-state index in [-0.39, 0.29) is 6.04 Å². The lowest BCUT2D eigenvalue weighted by Crippen LogP contribution is -2.44. The van der Waals surface area contributed by atoms with Gasteiger partial charge in [0.1, 0.15) is 5.75 Å². The van der Waals surface area contributed by atoms with E-state index in [1.165, 1.54) is 17.5 Å². The van der Waals surface area contributed by atoms with Crippen molar-refractivity contribution >= 4 is 0 Å². The summed E-state index contributed by atoms with van der Waals surface area (Å²) >= 11 is 0. The van der Waals surface area contributed by atoms with Crippen molar-refractivity contribution in [3.63, 3.8) is 0 Å². The van der Waals surface area contributed by atoms with Gasteiger partial charge >= 0.3 is 0 Å². The van der Waals surface area contributed by atoms with Crippen LogP contribution in [0.4, 0.5) is 0 Å². The molecule has 4 rings (SSSR count). The van der Waals surface area contributed by atoms with Crippen molar-refractivity contribution < 1.29 is 9.15 Å². The van der Waals surface area contributed by atoms with Gasteiger partial charge in [0.25, 0.3) is 0 Å². The number of hydrogen-bond donors (Lipinski definition) is 1. The fraction of sp³-hybridized carbons (Fsp3) is 0.318. The predicted octanol–water partition coefficient (Wildman–Crippen LogP) is 4.22. The van der Waals surface area contributed by atoms with Crippen LogP contribution in [-0.2, 0) is 6.42 Å². The molecule has 0 radical (unpaired) electrons. The van der Waals surface area contributed by atoms with Gasteiger partial charge in [-0.2, -0.15) is 0 Å². The topological polar surface area (TPSA) is 64.5 Å². The van der Waals surface area contributed by atoms with Crippen LogP contribution in [0.5, 0.6) is 5.75 Å². The molecule has 1 aromatic heterocycles. The van der Waals surface area contributed by atoms with E-state index in [4.69, 9.17) is 15.0 Å². The largest absolute Gasteiger partial charge is 0.496 e. The molecule has 2 heterocycles. The number of rotatable bonds is 5. The molecule has 0 bridgehead atoms. The van der Waals surface area contributed by atoms with Crippen LogP contribution in [0.3, 0.4) is 0 Å². The SMILES string of the molecule is COc1ccc(-c2cnco2)cc1C[C@@H]1CCCN(N)[C@@H]1c1ccccc1. The molecule has 140 valence electrons. The Morgan fingerprint density at radius 2 is 2.07 bits per heavy atom. The van der Waals surface area contributed by atoms with Gasteiger partial charge < -0.3 is 9.15 Å². The van der Waals surface area contributed by atoms with Crippen molar-refractivity contribution in [2.24, 2.45) is 11.8 Å². The Labute approximate surface area is 159 Å². The summed E-state index contributed by atoms with van der Waals surface area (Å²) in [5, 5.41) is 2.00. The van der Waals surface area contributed by atoms with Crippen LogP contribution >= 0.6 is 0 Å². The summed E-state index contributed by atoms with van der Waals surface area (Å²) in [6, 6.07) is 16.9. The summed E-state index contributed by atoms with van der Waals surface area (Å²) in [6.07, 6.45) is 6.34. The number of oxazole rings is 1. The molecule has 1 saturated heterocycles. The van der Waals surface area contributed by atoms with E-state index < -0.39 is 0 Å². The first-order chi connectivity index (χ1) is 13.3. The molecule has 2 aromatic carbocycles. The van der Waals surface area contributed by atoms with Crippen molar-refractivity contribution in [3.05, 3.63) is 72.2 Å². The fourth-order valence-electron chi connectivity index (χ4n) is 4.16. The first-order valence-corrected chi connectivity index (χ1v) is 9.38. The second-order valence-corrected chi connectivity index (χ2v) is 7.09. The smallest absolute Gasteiger partial charge is 0.181 e. The van der Waals surface area contributed by atoms with Crippen molar-refractivity contribution in [3.8, 4) is 17.1 Å². The normalized spacial score (nSPS) is 20.5. The third-order valence-corrected chi connectivity index (χ3v) is 5.42. The van der Waals surface area contributed by atoms with E-state index in [0.29, 0.717) is 5.92 Å². The van der Waals surface area contributed by atoms with E-state index in [1.807, 2.05) is 23.2 Å². The lowest BCUT2D eigenvalue weighted by Gasteiger charge is -2.39. The highest BCUT2D eigenvalue weighted by atomic mass is 16.5. The zero-order valence-electron chi connectivity index (χ0n) is 15.5. The zero-order chi connectivity index (χ0) is 18.6. The molecule has 5 heteroatoms. The molecular weight excluding hydrogens is 338 g/mol. The van der Waals surface area contributed by atoms with Gasteiger partial charge in [-0.1, -0.05) is 30.3 Å². The highest BCUT2D eigenvalue weighted by Crippen LogP contribution is 2.38. The first-order valence-electron chi connectivity index (χ1n) is 9.38. The van der Waals surface area contributed by atoms with Crippen molar-refractivity contribution in [1.29, 1.82) is 0 Å². The standard InChI is InChI=1S/C22H25N3O2/c1-26-20-10-9-17(21-14-24-15-27-21)12-19(20)13-18-8-5-11-25(23)22(18)16-6-3-2-4-7-16/h2-4,6-7,9-10,12,14-15,18,22H,5,8,11,13,23H2,1H3/t18-,22+/m0/s1. The maximum absolute atomic E-state index is 6.41. The van der Waals surface area contributed by atoms with Crippen LogP contribution in [0.2, 0.25) is 0 Å². The number of hydrazine groups is 1. The highest BCUT2D eigenvalue weighted by Gasteiger charge is 2.31. The van der Waals surface area contributed by atoms with Crippen molar-refractivity contribution in [2.45, 2.75) is 25.3 Å².